The summed E-state index contributed by atoms with van der Waals surface area (Å²) < 4.78 is 0. The molecule has 1 aliphatic carbocycles. The molecule has 88 valence electrons. The normalized spacial score (nSPS) is 38.6. The lowest BCUT2D eigenvalue weighted by molar-refractivity contribution is 0.271. The first-order valence-corrected chi connectivity index (χ1v) is 7.40. The Bertz CT molecular complexity index is 237. The maximum Gasteiger partial charge on any atom is 0.00104 e. The van der Waals surface area contributed by atoms with Gasteiger partial charge in [-0.15, -0.1) is 0 Å². The summed E-state index contributed by atoms with van der Waals surface area (Å²) in [4.78, 5) is 0. The molecule has 2 rings (SSSR count). The standard InChI is InChI=1S/C13H25NS/c1-10(2)14-6-11-5-13(11)7-12(3,4)8-15-9-13/h10-11,14H,5-9H2,1-4H3. The zero-order valence-corrected chi connectivity index (χ0v) is 11.4. The lowest BCUT2D eigenvalue weighted by atomic mass is 9.81. The molecule has 0 bridgehead atoms. The van der Waals surface area contributed by atoms with E-state index < -0.39 is 0 Å². The first-order chi connectivity index (χ1) is 6.94. The monoisotopic (exact) mass is 227 g/mol. The van der Waals surface area contributed by atoms with Crippen LogP contribution in [0.3, 0.4) is 0 Å². The van der Waals surface area contributed by atoms with E-state index in [0.29, 0.717) is 16.9 Å². The van der Waals surface area contributed by atoms with Crippen LogP contribution in [0.1, 0.15) is 40.5 Å². The molecule has 1 aliphatic heterocycles. The predicted molar refractivity (Wildman–Crippen MR) is 69.4 cm³/mol. The second kappa shape index (κ2) is 3.96. The maximum atomic E-state index is 3.60. The molecular formula is C13H25NS. The fourth-order valence-corrected chi connectivity index (χ4v) is 4.70. The fourth-order valence-electron chi connectivity index (χ4n) is 3.08. The number of rotatable bonds is 3. The molecule has 2 heteroatoms. The van der Waals surface area contributed by atoms with Crippen molar-refractivity contribution < 1.29 is 0 Å². The number of nitrogens with one attached hydrogen (secondary N) is 1. The number of hydrogen-bond donors (Lipinski definition) is 1. The summed E-state index contributed by atoms with van der Waals surface area (Å²) in [5.41, 5.74) is 1.30. The average molecular weight is 227 g/mol. The third-order valence-corrected chi connectivity index (χ3v) is 5.61. The largest absolute Gasteiger partial charge is 0.314 e. The van der Waals surface area contributed by atoms with Gasteiger partial charge in [0.2, 0.25) is 0 Å². The van der Waals surface area contributed by atoms with E-state index in [0.717, 1.165) is 5.92 Å². The van der Waals surface area contributed by atoms with Gasteiger partial charge in [-0.2, -0.15) is 11.8 Å². The first kappa shape index (κ1) is 11.8. The molecule has 1 spiro atoms. The highest BCUT2D eigenvalue weighted by atomic mass is 32.2. The summed E-state index contributed by atoms with van der Waals surface area (Å²) in [5.74, 6) is 3.74. The second-order valence-corrected chi connectivity index (χ2v) is 7.65. The zero-order chi connectivity index (χ0) is 11.1. The van der Waals surface area contributed by atoms with Crippen molar-refractivity contribution in [2.75, 3.05) is 18.1 Å². The Balaban J connectivity index is 1.84. The van der Waals surface area contributed by atoms with Crippen molar-refractivity contribution in [1.29, 1.82) is 0 Å². The highest BCUT2D eigenvalue weighted by molar-refractivity contribution is 7.99. The van der Waals surface area contributed by atoms with E-state index in [1.165, 1.54) is 30.9 Å². The Kier molecular flexibility index (Phi) is 3.11. The van der Waals surface area contributed by atoms with Gasteiger partial charge in [0.05, 0.1) is 0 Å². The van der Waals surface area contributed by atoms with Crippen LogP contribution in [0, 0.1) is 16.7 Å². The molecule has 2 aliphatic rings. The first-order valence-electron chi connectivity index (χ1n) is 6.25. The summed E-state index contributed by atoms with van der Waals surface area (Å²) in [6, 6.07) is 0.645. The quantitative estimate of drug-likeness (QED) is 0.795. The van der Waals surface area contributed by atoms with Crippen LogP contribution >= 0.6 is 11.8 Å². The van der Waals surface area contributed by atoms with Gasteiger partial charge < -0.3 is 5.32 Å². The minimum absolute atomic E-state index is 0.579. The van der Waals surface area contributed by atoms with E-state index in [9.17, 15) is 0 Å². The van der Waals surface area contributed by atoms with Crippen molar-refractivity contribution in [2.45, 2.75) is 46.6 Å². The molecule has 15 heavy (non-hydrogen) atoms. The number of thioether (sulfide) groups is 1. The van der Waals surface area contributed by atoms with Gasteiger partial charge in [-0.25, -0.2) is 0 Å². The van der Waals surface area contributed by atoms with Crippen molar-refractivity contribution in [1.82, 2.24) is 5.32 Å². The smallest absolute Gasteiger partial charge is 0.00104 e. The molecule has 0 aromatic carbocycles. The van der Waals surface area contributed by atoms with Gasteiger partial charge in [-0.3, -0.25) is 0 Å². The average Bonchev–Trinajstić information content (AvgIpc) is 2.72. The van der Waals surface area contributed by atoms with Gasteiger partial charge in [0.15, 0.2) is 0 Å². The highest BCUT2D eigenvalue weighted by Gasteiger charge is 2.56. The third-order valence-electron chi connectivity index (χ3n) is 3.84. The summed E-state index contributed by atoms with van der Waals surface area (Å²) in [7, 11) is 0. The van der Waals surface area contributed by atoms with E-state index in [1.54, 1.807) is 0 Å². The van der Waals surface area contributed by atoms with Crippen LogP contribution in [-0.4, -0.2) is 24.1 Å². The highest BCUT2D eigenvalue weighted by Crippen LogP contribution is 2.62. The molecule has 1 N–H and O–H groups in total. The lowest BCUT2D eigenvalue weighted by Gasteiger charge is -2.36. The van der Waals surface area contributed by atoms with Gasteiger partial charge in [0.25, 0.3) is 0 Å². The van der Waals surface area contributed by atoms with Gasteiger partial charge in [-0.1, -0.05) is 27.7 Å². The van der Waals surface area contributed by atoms with Crippen LogP contribution in [0.25, 0.3) is 0 Å². The van der Waals surface area contributed by atoms with Gasteiger partial charge >= 0.3 is 0 Å². The van der Waals surface area contributed by atoms with Crippen molar-refractivity contribution in [3.63, 3.8) is 0 Å². The Morgan fingerprint density at radius 1 is 1.33 bits per heavy atom. The van der Waals surface area contributed by atoms with Gasteiger partial charge in [0, 0.05) is 6.04 Å². The maximum absolute atomic E-state index is 3.60. The molecule has 1 nitrogen and oxygen atoms in total. The molecule has 1 saturated heterocycles. The molecule has 2 unspecified atom stereocenters. The fraction of sp³-hybridized carbons (Fsp3) is 1.00. The van der Waals surface area contributed by atoms with Crippen LogP contribution in [0.4, 0.5) is 0 Å². The number of hydrogen-bond acceptors (Lipinski definition) is 2. The molecule has 2 fully saturated rings. The molecule has 1 saturated carbocycles. The lowest BCUT2D eigenvalue weighted by Crippen LogP contribution is -2.32. The minimum atomic E-state index is 0.579. The summed E-state index contributed by atoms with van der Waals surface area (Å²) in [6.07, 6.45) is 2.93. The van der Waals surface area contributed by atoms with E-state index in [1.807, 2.05) is 0 Å². The van der Waals surface area contributed by atoms with E-state index in [-0.39, 0.29) is 0 Å². The van der Waals surface area contributed by atoms with Crippen LogP contribution in [-0.2, 0) is 0 Å². The molecule has 0 aromatic heterocycles. The summed E-state index contributed by atoms with van der Waals surface area (Å²) >= 11 is 2.18. The molecule has 0 radical (unpaired) electrons. The van der Waals surface area contributed by atoms with Crippen LogP contribution < -0.4 is 5.32 Å². The molecular weight excluding hydrogens is 202 g/mol. The van der Waals surface area contributed by atoms with Crippen LogP contribution in [0.5, 0.6) is 0 Å². The Hall–Kier alpha value is 0.310. The summed E-state index contributed by atoms with van der Waals surface area (Å²) in [5, 5.41) is 3.60. The molecule has 0 amide bonds. The van der Waals surface area contributed by atoms with Gasteiger partial charge in [0.1, 0.15) is 0 Å². The Labute approximate surface area is 98.8 Å². The van der Waals surface area contributed by atoms with Crippen molar-refractivity contribution >= 4 is 11.8 Å². The molecule has 0 aromatic rings. The van der Waals surface area contributed by atoms with Crippen molar-refractivity contribution in [3.8, 4) is 0 Å². The van der Waals surface area contributed by atoms with Crippen LogP contribution in [0.15, 0.2) is 0 Å². The topological polar surface area (TPSA) is 12.0 Å². The predicted octanol–water partition coefficient (Wildman–Crippen LogP) is 3.15. The van der Waals surface area contributed by atoms with Crippen molar-refractivity contribution in [3.05, 3.63) is 0 Å². The third kappa shape index (κ3) is 2.71. The van der Waals surface area contributed by atoms with Crippen LogP contribution in [0.2, 0.25) is 0 Å². The van der Waals surface area contributed by atoms with Gasteiger partial charge in [-0.05, 0) is 47.6 Å². The molecule has 1 heterocycles. The summed E-state index contributed by atoms with van der Waals surface area (Å²) in [6.45, 7) is 10.6. The van der Waals surface area contributed by atoms with E-state index >= 15 is 0 Å². The molecule has 2 atom stereocenters. The SMILES string of the molecule is CC(C)NCC1CC12CSCC(C)(C)C2. The van der Waals surface area contributed by atoms with Crippen molar-refractivity contribution in [2.24, 2.45) is 16.7 Å². The zero-order valence-electron chi connectivity index (χ0n) is 10.6. The minimum Gasteiger partial charge on any atom is -0.314 e. The van der Waals surface area contributed by atoms with E-state index in [4.69, 9.17) is 0 Å². The second-order valence-electron chi connectivity index (χ2n) is 6.66. The Morgan fingerprint density at radius 2 is 2.07 bits per heavy atom. The Morgan fingerprint density at radius 3 is 2.67 bits per heavy atom. The van der Waals surface area contributed by atoms with E-state index in [2.05, 4.69) is 44.8 Å².